The lowest BCUT2D eigenvalue weighted by atomic mass is 9.92. The maximum Gasteiger partial charge on any atom is 0.342 e. The molecule has 0 unspecified atom stereocenters. The molecule has 3 N–H and O–H groups in total. The molecule has 1 aromatic carbocycles. The number of rotatable bonds is 6. The van der Waals surface area contributed by atoms with Gasteiger partial charge in [-0.25, -0.2) is 9.59 Å². The number of carbonyl (C=O) groups is 3. The first-order valence-corrected chi connectivity index (χ1v) is 8.28. The highest BCUT2D eigenvalue weighted by Crippen LogP contribution is 2.33. The molecule has 0 aliphatic rings. The van der Waals surface area contributed by atoms with E-state index in [1.165, 1.54) is 0 Å². The second-order valence-electron chi connectivity index (χ2n) is 6.30. The second-order valence-corrected chi connectivity index (χ2v) is 6.30. The van der Waals surface area contributed by atoms with Crippen LogP contribution in [0.5, 0.6) is 5.75 Å². The highest BCUT2D eigenvalue weighted by molar-refractivity contribution is 5.98. The van der Waals surface area contributed by atoms with Gasteiger partial charge < -0.3 is 15.2 Å². The minimum Gasteiger partial charge on any atom is -0.507 e. The fourth-order valence-electron chi connectivity index (χ4n) is 2.19. The number of ether oxygens (including phenoxy) is 1. The van der Waals surface area contributed by atoms with Crippen molar-refractivity contribution in [3.05, 3.63) is 28.8 Å². The summed E-state index contributed by atoms with van der Waals surface area (Å²) in [5.41, 5.74) is 1.55. The van der Waals surface area contributed by atoms with Gasteiger partial charge in [-0.15, -0.1) is 0 Å². The first kappa shape index (κ1) is 20.5. The van der Waals surface area contributed by atoms with Crippen LogP contribution in [0.4, 0.5) is 4.79 Å². The molecule has 0 spiro atoms. The van der Waals surface area contributed by atoms with Crippen LogP contribution in [0.1, 0.15) is 67.9 Å². The Hall–Kier alpha value is -2.57. The summed E-state index contributed by atoms with van der Waals surface area (Å²) in [6, 6.07) is 2.77. The smallest absolute Gasteiger partial charge is 0.342 e. The fraction of sp³-hybridized carbons (Fsp3) is 0.500. The van der Waals surface area contributed by atoms with Crippen LogP contribution < -0.4 is 10.6 Å². The summed E-state index contributed by atoms with van der Waals surface area (Å²) in [4.78, 5) is 35.1. The number of hydrogen-bond donors (Lipinski definition) is 3. The van der Waals surface area contributed by atoms with Gasteiger partial charge in [-0.3, -0.25) is 10.1 Å². The number of aromatic hydroxyl groups is 1. The number of benzene rings is 1. The van der Waals surface area contributed by atoms with Crippen LogP contribution in [0.25, 0.3) is 0 Å². The summed E-state index contributed by atoms with van der Waals surface area (Å²) >= 11 is 0. The summed E-state index contributed by atoms with van der Waals surface area (Å²) in [7, 11) is 0. The first-order chi connectivity index (χ1) is 11.7. The predicted molar refractivity (Wildman–Crippen MR) is 93.8 cm³/mol. The third-order valence-electron chi connectivity index (χ3n) is 3.59. The predicted octanol–water partition coefficient (Wildman–Crippen LogP) is 2.64. The van der Waals surface area contributed by atoms with Gasteiger partial charge in [0.25, 0.3) is 5.91 Å². The molecular weight excluding hydrogens is 324 g/mol. The normalized spacial score (nSPS) is 10.7. The van der Waals surface area contributed by atoms with Crippen molar-refractivity contribution < 1.29 is 24.2 Å². The Labute approximate surface area is 147 Å². The molecule has 0 saturated heterocycles. The number of phenols is 1. The van der Waals surface area contributed by atoms with Crippen molar-refractivity contribution in [1.29, 1.82) is 0 Å². The topological polar surface area (TPSA) is 105 Å². The third kappa shape index (κ3) is 5.77. The number of imide groups is 1. The maximum absolute atomic E-state index is 12.3. The Morgan fingerprint density at radius 3 is 2.28 bits per heavy atom. The Balaban J connectivity index is 2.90. The van der Waals surface area contributed by atoms with Gasteiger partial charge in [0.15, 0.2) is 6.61 Å². The van der Waals surface area contributed by atoms with Crippen molar-refractivity contribution in [1.82, 2.24) is 10.6 Å². The Morgan fingerprint density at radius 1 is 1.12 bits per heavy atom. The quantitative estimate of drug-likeness (QED) is 0.684. The van der Waals surface area contributed by atoms with Crippen molar-refractivity contribution in [3.63, 3.8) is 0 Å². The largest absolute Gasteiger partial charge is 0.507 e. The minimum absolute atomic E-state index is 0.0145. The molecule has 0 fully saturated rings. The van der Waals surface area contributed by atoms with E-state index in [1.807, 2.05) is 39.1 Å². The monoisotopic (exact) mass is 350 g/mol. The van der Waals surface area contributed by atoms with E-state index in [0.717, 1.165) is 5.56 Å². The van der Waals surface area contributed by atoms with E-state index in [0.29, 0.717) is 12.1 Å². The van der Waals surface area contributed by atoms with Crippen LogP contribution >= 0.6 is 0 Å². The molecule has 0 saturated carbocycles. The molecule has 0 bridgehead atoms. The molecule has 0 heterocycles. The van der Waals surface area contributed by atoms with Crippen LogP contribution in [-0.2, 0) is 9.53 Å². The lowest BCUT2D eigenvalue weighted by Gasteiger charge is -2.16. The molecule has 3 amide bonds. The molecular formula is C18H26N2O5. The molecule has 138 valence electrons. The average molecular weight is 350 g/mol. The summed E-state index contributed by atoms with van der Waals surface area (Å²) in [6.07, 6.45) is 0. The summed E-state index contributed by atoms with van der Waals surface area (Å²) in [6.45, 7) is 9.24. The van der Waals surface area contributed by atoms with E-state index in [9.17, 15) is 19.5 Å². The van der Waals surface area contributed by atoms with Gasteiger partial charge in [-0.2, -0.15) is 0 Å². The average Bonchev–Trinajstić information content (AvgIpc) is 2.52. The number of hydrogen-bond acceptors (Lipinski definition) is 5. The van der Waals surface area contributed by atoms with Crippen molar-refractivity contribution in [2.24, 2.45) is 0 Å². The van der Waals surface area contributed by atoms with Crippen molar-refractivity contribution in [2.45, 2.75) is 46.5 Å². The highest BCUT2D eigenvalue weighted by Gasteiger charge is 2.21. The number of esters is 1. The van der Waals surface area contributed by atoms with E-state index in [1.54, 1.807) is 13.0 Å². The molecule has 1 rings (SSSR count). The van der Waals surface area contributed by atoms with Crippen LogP contribution in [0.15, 0.2) is 12.1 Å². The molecule has 0 aromatic heterocycles. The molecule has 25 heavy (non-hydrogen) atoms. The van der Waals surface area contributed by atoms with E-state index in [4.69, 9.17) is 4.74 Å². The van der Waals surface area contributed by atoms with Gasteiger partial charge in [0, 0.05) is 6.54 Å². The summed E-state index contributed by atoms with van der Waals surface area (Å²) in [5.74, 6) is -1.53. The molecule has 0 aliphatic heterocycles. The molecule has 0 aliphatic carbocycles. The lowest BCUT2D eigenvalue weighted by Crippen LogP contribution is -2.41. The van der Waals surface area contributed by atoms with Gasteiger partial charge in [0.1, 0.15) is 11.3 Å². The van der Waals surface area contributed by atoms with E-state index in [2.05, 4.69) is 5.32 Å². The third-order valence-corrected chi connectivity index (χ3v) is 3.59. The number of carbonyl (C=O) groups excluding carboxylic acids is 3. The van der Waals surface area contributed by atoms with Crippen LogP contribution in [0.2, 0.25) is 0 Å². The highest BCUT2D eigenvalue weighted by atomic mass is 16.5. The zero-order chi connectivity index (χ0) is 19.1. The fourth-order valence-corrected chi connectivity index (χ4v) is 2.19. The Morgan fingerprint density at radius 2 is 1.76 bits per heavy atom. The number of urea groups is 1. The van der Waals surface area contributed by atoms with E-state index in [-0.39, 0.29) is 23.1 Å². The van der Waals surface area contributed by atoms with Crippen LogP contribution in [0, 0.1) is 0 Å². The summed E-state index contributed by atoms with van der Waals surface area (Å²) in [5, 5.41) is 14.8. The van der Waals surface area contributed by atoms with Crippen molar-refractivity contribution >= 4 is 17.9 Å². The molecule has 7 heteroatoms. The minimum atomic E-state index is -0.812. The Bertz CT molecular complexity index is 653. The first-order valence-electron chi connectivity index (χ1n) is 8.28. The van der Waals surface area contributed by atoms with E-state index >= 15 is 0 Å². The van der Waals surface area contributed by atoms with Gasteiger partial charge in [-0.1, -0.05) is 33.8 Å². The molecule has 0 radical (unpaired) electrons. The Kier molecular flexibility index (Phi) is 7.42. The maximum atomic E-state index is 12.3. The van der Waals surface area contributed by atoms with Crippen molar-refractivity contribution in [3.8, 4) is 5.75 Å². The van der Waals surface area contributed by atoms with Crippen LogP contribution in [-0.4, -0.2) is 36.2 Å². The number of nitrogens with one attached hydrogen (secondary N) is 2. The number of amides is 3. The lowest BCUT2D eigenvalue weighted by molar-refractivity contribution is -0.123. The van der Waals surface area contributed by atoms with Gasteiger partial charge in [0.2, 0.25) is 0 Å². The molecule has 1 aromatic rings. The summed E-state index contributed by atoms with van der Waals surface area (Å²) < 4.78 is 4.93. The van der Waals surface area contributed by atoms with Gasteiger partial charge in [0.05, 0.1) is 0 Å². The van der Waals surface area contributed by atoms with Crippen LogP contribution in [0.3, 0.4) is 0 Å². The zero-order valence-electron chi connectivity index (χ0n) is 15.3. The molecule has 0 atom stereocenters. The molecule has 7 nitrogen and oxygen atoms in total. The SMILES string of the molecule is CCNC(=O)NC(=O)COC(=O)c1cc(C(C)C)cc(C(C)C)c1O. The van der Waals surface area contributed by atoms with E-state index < -0.39 is 24.5 Å². The second kappa shape index (κ2) is 9.05. The van der Waals surface area contributed by atoms with Crippen molar-refractivity contribution in [2.75, 3.05) is 13.2 Å². The number of phenolic OH excluding ortho intramolecular Hbond substituents is 1. The standard InChI is InChI=1S/C18H26N2O5/c1-6-19-18(24)20-15(21)9-25-17(23)14-8-12(10(2)3)7-13(11(4)5)16(14)22/h7-8,10-11,22H,6,9H2,1-5H3,(H2,19,20,21,24). The van der Waals surface area contributed by atoms with Gasteiger partial charge >= 0.3 is 12.0 Å². The van der Waals surface area contributed by atoms with Gasteiger partial charge in [-0.05, 0) is 36.0 Å². The zero-order valence-corrected chi connectivity index (χ0v) is 15.3.